The number of ether oxygens (including phenoxy) is 1. The predicted molar refractivity (Wildman–Crippen MR) is 68.9 cm³/mol. The van der Waals surface area contributed by atoms with Crippen LogP contribution in [0.15, 0.2) is 17.8 Å². The monoisotopic (exact) mass is 295 g/mol. The second kappa shape index (κ2) is 5.22. The number of nitrogens with zero attached hydrogens (tertiary/aromatic N) is 7. The number of aromatic nitrogens is 4. The van der Waals surface area contributed by atoms with E-state index in [4.69, 9.17) is 21.9 Å². The SMILES string of the molecule is [N-]=[N+]=NC1C[C@@H](n2cnc3c(Cl)ncnc32)O[C@H]1CO. The standard InChI is InChI=1S/C10H10ClN7O2/c11-9-8-10(14-3-13-9)18(4-15-8)7-1-5(16-17-12)6(2-19)20-7/h3-7,19H,1-2H2/t5?,6-,7-/m0/s1. The Morgan fingerprint density at radius 3 is 3.15 bits per heavy atom. The molecule has 1 aliphatic heterocycles. The van der Waals surface area contributed by atoms with Crippen molar-refractivity contribution in [2.45, 2.75) is 24.8 Å². The molecule has 1 aliphatic rings. The fraction of sp³-hybridized carbons (Fsp3) is 0.500. The van der Waals surface area contributed by atoms with E-state index in [1.165, 1.54) is 6.33 Å². The van der Waals surface area contributed by atoms with Crippen LogP contribution in [-0.2, 0) is 4.74 Å². The van der Waals surface area contributed by atoms with E-state index in [1.54, 1.807) is 10.9 Å². The van der Waals surface area contributed by atoms with Crippen LogP contribution in [0.25, 0.3) is 21.6 Å². The van der Waals surface area contributed by atoms with Crippen molar-refractivity contribution >= 4 is 22.8 Å². The van der Waals surface area contributed by atoms with Crippen LogP contribution in [0.5, 0.6) is 0 Å². The molecule has 0 saturated carbocycles. The highest BCUT2D eigenvalue weighted by Crippen LogP contribution is 2.33. The molecule has 0 bridgehead atoms. The molecule has 0 spiro atoms. The number of rotatable bonds is 3. The lowest BCUT2D eigenvalue weighted by molar-refractivity contribution is -0.0233. The summed E-state index contributed by atoms with van der Waals surface area (Å²) in [6.45, 7) is -0.220. The molecule has 20 heavy (non-hydrogen) atoms. The van der Waals surface area contributed by atoms with Crippen LogP contribution < -0.4 is 0 Å². The van der Waals surface area contributed by atoms with Crippen LogP contribution in [0.2, 0.25) is 5.15 Å². The summed E-state index contributed by atoms with van der Waals surface area (Å²) < 4.78 is 7.37. The van der Waals surface area contributed by atoms with E-state index in [1.807, 2.05) is 0 Å². The molecule has 3 atom stereocenters. The van der Waals surface area contributed by atoms with Gasteiger partial charge < -0.3 is 9.84 Å². The minimum absolute atomic E-state index is 0.220. The Morgan fingerprint density at radius 1 is 1.55 bits per heavy atom. The smallest absolute Gasteiger partial charge is 0.166 e. The topological polar surface area (TPSA) is 122 Å². The molecule has 9 nitrogen and oxygen atoms in total. The highest BCUT2D eigenvalue weighted by molar-refractivity contribution is 6.33. The van der Waals surface area contributed by atoms with Crippen molar-refractivity contribution in [2.75, 3.05) is 6.61 Å². The molecule has 2 aromatic rings. The minimum atomic E-state index is -0.536. The number of halogens is 1. The fourth-order valence-electron chi connectivity index (χ4n) is 2.27. The van der Waals surface area contributed by atoms with E-state index >= 15 is 0 Å². The summed E-state index contributed by atoms with van der Waals surface area (Å²) in [5.41, 5.74) is 9.54. The van der Waals surface area contributed by atoms with Crippen molar-refractivity contribution in [2.24, 2.45) is 5.11 Å². The van der Waals surface area contributed by atoms with Crippen molar-refractivity contribution in [1.29, 1.82) is 0 Å². The van der Waals surface area contributed by atoms with Gasteiger partial charge in [-0.1, -0.05) is 16.7 Å². The summed E-state index contributed by atoms with van der Waals surface area (Å²) in [6.07, 6.45) is 2.36. The number of hydrogen-bond donors (Lipinski definition) is 1. The van der Waals surface area contributed by atoms with Gasteiger partial charge >= 0.3 is 0 Å². The van der Waals surface area contributed by atoms with Gasteiger partial charge in [0.2, 0.25) is 0 Å². The lowest BCUT2D eigenvalue weighted by Crippen LogP contribution is -2.22. The van der Waals surface area contributed by atoms with Gasteiger partial charge in [0.15, 0.2) is 10.8 Å². The third kappa shape index (κ3) is 2.06. The van der Waals surface area contributed by atoms with E-state index in [-0.39, 0.29) is 11.8 Å². The van der Waals surface area contributed by atoms with Gasteiger partial charge in [-0.2, -0.15) is 0 Å². The Hall–Kier alpha value is -1.93. The Bertz CT molecular complexity index is 683. The number of aliphatic hydroxyl groups excluding tert-OH is 1. The van der Waals surface area contributed by atoms with Gasteiger partial charge in [-0.15, -0.1) is 0 Å². The van der Waals surface area contributed by atoms with Crippen LogP contribution in [0, 0.1) is 0 Å². The first-order valence-corrected chi connectivity index (χ1v) is 6.26. The van der Waals surface area contributed by atoms with Crippen molar-refractivity contribution in [1.82, 2.24) is 19.5 Å². The third-order valence-corrected chi connectivity index (χ3v) is 3.49. The maximum Gasteiger partial charge on any atom is 0.166 e. The van der Waals surface area contributed by atoms with Crippen molar-refractivity contribution < 1.29 is 9.84 Å². The molecular formula is C10H10ClN7O2. The maximum atomic E-state index is 9.26. The van der Waals surface area contributed by atoms with E-state index in [0.29, 0.717) is 17.6 Å². The Balaban J connectivity index is 1.96. The number of fused-ring (bicyclic) bond motifs is 1. The zero-order chi connectivity index (χ0) is 14.1. The van der Waals surface area contributed by atoms with Crippen LogP contribution in [0.1, 0.15) is 12.6 Å². The van der Waals surface area contributed by atoms with Crippen LogP contribution in [0.4, 0.5) is 0 Å². The van der Waals surface area contributed by atoms with E-state index < -0.39 is 18.4 Å². The highest BCUT2D eigenvalue weighted by Gasteiger charge is 2.36. The normalized spacial score (nSPS) is 25.8. The molecule has 10 heteroatoms. The number of hydrogen-bond acceptors (Lipinski definition) is 6. The van der Waals surface area contributed by atoms with Gasteiger partial charge in [-0.25, -0.2) is 15.0 Å². The summed E-state index contributed by atoms with van der Waals surface area (Å²) in [6, 6.07) is -0.426. The molecule has 2 aromatic heterocycles. The molecule has 0 radical (unpaired) electrons. The maximum absolute atomic E-state index is 9.26. The van der Waals surface area contributed by atoms with Crippen molar-refractivity contribution in [3.05, 3.63) is 28.3 Å². The zero-order valence-electron chi connectivity index (χ0n) is 10.2. The molecule has 3 rings (SSSR count). The third-order valence-electron chi connectivity index (χ3n) is 3.21. The van der Waals surface area contributed by atoms with Gasteiger partial charge in [0.05, 0.1) is 25.1 Å². The van der Waals surface area contributed by atoms with E-state index in [0.717, 1.165) is 0 Å². The van der Waals surface area contributed by atoms with Gasteiger partial charge in [-0.05, 0) is 5.53 Å². The minimum Gasteiger partial charge on any atom is -0.394 e. The molecule has 1 N–H and O–H groups in total. The van der Waals surface area contributed by atoms with Gasteiger partial charge in [0.25, 0.3) is 0 Å². The molecule has 3 heterocycles. The van der Waals surface area contributed by atoms with Crippen LogP contribution >= 0.6 is 11.6 Å². The second-order valence-electron chi connectivity index (χ2n) is 4.31. The van der Waals surface area contributed by atoms with E-state index in [2.05, 4.69) is 25.0 Å². The Kier molecular flexibility index (Phi) is 3.41. The Morgan fingerprint density at radius 2 is 2.40 bits per heavy atom. The first-order chi connectivity index (χ1) is 9.74. The van der Waals surface area contributed by atoms with Crippen LogP contribution in [0.3, 0.4) is 0 Å². The number of azide groups is 1. The summed E-state index contributed by atoms with van der Waals surface area (Å²) >= 11 is 5.94. The molecule has 0 aliphatic carbocycles. The highest BCUT2D eigenvalue weighted by atomic mass is 35.5. The molecular weight excluding hydrogens is 286 g/mol. The summed E-state index contributed by atoms with van der Waals surface area (Å²) in [5, 5.41) is 13.2. The number of imidazole rings is 1. The van der Waals surface area contributed by atoms with E-state index in [9.17, 15) is 5.11 Å². The first kappa shape index (κ1) is 13.1. The molecule has 1 saturated heterocycles. The molecule has 0 amide bonds. The largest absolute Gasteiger partial charge is 0.394 e. The average Bonchev–Trinajstić information content (AvgIpc) is 3.03. The predicted octanol–water partition coefficient (Wildman–Crippen LogP) is 1.44. The number of aliphatic hydroxyl groups is 1. The zero-order valence-corrected chi connectivity index (χ0v) is 10.9. The fourth-order valence-corrected chi connectivity index (χ4v) is 2.45. The molecule has 0 aromatic carbocycles. The summed E-state index contributed by atoms with van der Waals surface area (Å²) in [7, 11) is 0. The van der Waals surface area contributed by atoms with Gasteiger partial charge in [0, 0.05) is 11.3 Å². The van der Waals surface area contributed by atoms with Gasteiger partial charge in [-0.3, -0.25) is 4.57 Å². The Labute approximate surface area is 117 Å². The average molecular weight is 296 g/mol. The molecule has 1 unspecified atom stereocenters. The summed E-state index contributed by atoms with van der Waals surface area (Å²) in [4.78, 5) is 14.9. The van der Waals surface area contributed by atoms with Crippen molar-refractivity contribution in [3.8, 4) is 0 Å². The molecule has 104 valence electrons. The van der Waals surface area contributed by atoms with Gasteiger partial charge in [0.1, 0.15) is 18.1 Å². The summed E-state index contributed by atoms with van der Waals surface area (Å²) in [5.74, 6) is 0. The van der Waals surface area contributed by atoms with Crippen molar-refractivity contribution in [3.63, 3.8) is 0 Å². The molecule has 1 fully saturated rings. The second-order valence-corrected chi connectivity index (χ2v) is 4.67. The first-order valence-electron chi connectivity index (χ1n) is 5.88. The lowest BCUT2D eigenvalue weighted by atomic mass is 10.1. The lowest BCUT2D eigenvalue weighted by Gasteiger charge is -2.13. The quantitative estimate of drug-likeness (QED) is 0.397. The van der Waals surface area contributed by atoms with Crippen LogP contribution in [-0.4, -0.2) is 43.4 Å².